The number of β-lactam (4-membered cyclic amide) rings is 1. The summed E-state index contributed by atoms with van der Waals surface area (Å²) in [5, 5.41) is 2.25. The van der Waals surface area contributed by atoms with Crippen molar-refractivity contribution < 1.29 is 28.7 Å². The molecule has 0 aliphatic carbocycles. The molecule has 170 valence electrons. The van der Waals surface area contributed by atoms with Crippen molar-refractivity contribution in [2.45, 2.75) is 54.9 Å². The first kappa shape index (κ1) is 22.3. The van der Waals surface area contributed by atoms with E-state index in [1.54, 1.807) is 38.1 Å². The Morgan fingerprint density at radius 2 is 1.81 bits per heavy atom. The minimum Gasteiger partial charge on any atom is -0.442 e. The van der Waals surface area contributed by atoms with Crippen LogP contribution in [0, 0.1) is 0 Å². The summed E-state index contributed by atoms with van der Waals surface area (Å²) in [6, 6.07) is 6.18. The van der Waals surface area contributed by atoms with Crippen LogP contribution < -0.4 is 11.1 Å². The first-order valence-electron chi connectivity index (χ1n) is 10.2. The van der Waals surface area contributed by atoms with E-state index in [1.807, 2.05) is 6.07 Å². The van der Waals surface area contributed by atoms with Gasteiger partial charge in [0.15, 0.2) is 6.73 Å². The van der Waals surface area contributed by atoms with E-state index in [9.17, 15) is 24.0 Å². The number of benzene rings is 1. The van der Waals surface area contributed by atoms with Crippen molar-refractivity contribution in [2.75, 3.05) is 6.73 Å². The molecular formula is C21H24N4O6S. The van der Waals surface area contributed by atoms with Crippen LogP contribution in [0.3, 0.4) is 0 Å². The van der Waals surface area contributed by atoms with Gasteiger partial charge in [-0.1, -0.05) is 30.3 Å². The summed E-state index contributed by atoms with van der Waals surface area (Å²) in [6.45, 7) is 3.14. The van der Waals surface area contributed by atoms with Crippen molar-refractivity contribution in [1.82, 2.24) is 15.1 Å². The largest absolute Gasteiger partial charge is 0.442 e. The Labute approximate surface area is 188 Å². The Kier molecular flexibility index (Phi) is 5.72. The molecule has 11 heteroatoms. The van der Waals surface area contributed by atoms with E-state index in [2.05, 4.69) is 5.32 Å². The third kappa shape index (κ3) is 3.75. The highest BCUT2D eigenvalue weighted by atomic mass is 32.2. The lowest BCUT2D eigenvalue weighted by atomic mass is 9.95. The molecule has 32 heavy (non-hydrogen) atoms. The highest BCUT2D eigenvalue weighted by molar-refractivity contribution is 8.01. The zero-order valence-corrected chi connectivity index (χ0v) is 18.5. The summed E-state index contributed by atoms with van der Waals surface area (Å²) in [5.41, 5.74) is 6.65. The quantitative estimate of drug-likeness (QED) is 0.340. The zero-order valence-electron chi connectivity index (χ0n) is 17.6. The Morgan fingerprint density at radius 3 is 2.44 bits per heavy atom. The highest BCUT2D eigenvalue weighted by Gasteiger charge is 2.64. The van der Waals surface area contributed by atoms with E-state index in [1.165, 1.54) is 16.7 Å². The molecule has 3 heterocycles. The number of likely N-dealkylation sites (tertiary alicyclic amines) is 1. The molecule has 0 saturated carbocycles. The monoisotopic (exact) mass is 460 g/mol. The summed E-state index contributed by atoms with van der Waals surface area (Å²) in [4.78, 5) is 64.0. The Morgan fingerprint density at radius 1 is 1.19 bits per heavy atom. The van der Waals surface area contributed by atoms with E-state index in [0.717, 1.165) is 4.90 Å². The number of nitrogens with zero attached hydrogens (tertiary/aromatic N) is 2. The molecule has 3 fully saturated rings. The fourth-order valence-electron chi connectivity index (χ4n) is 4.16. The van der Waals surface area contributed by atoms with Crippen molar-refractivity contribution in [1.29, 1.82) is 0 Å². The minimum absolute atomic E-state index is 0.0976. The predicted molar refractivity (Wildman–Crippen MR) is 113 cm³/mol. The van der Waals surface area contributed by atoms with Crippen LogP contribution in [0.2, 0.25) is 0 Å². The van der Waals surface area contributed by atoms with E-state index >= 15 is 0 Å². The van der Waals surface area contributed by atoms with E-state index < -0.39 is 64.6 Å². The molecule has 0 radical (unpaired) electrons. The molecule has 1 aromatic rings. The number of carbonyl (C=O) groups is 5. The highest BCUT2D eigenvalue weighted by Crippen LogP contribution is 2.51. The summed E-state index contributed by atoms with van der Waals surface area (Å²) in [5.74, 6) is -2.37. The van der Waals surface area contributed by atoms with E-state index in [-0.39, 0.29) is 12.8 Å². The van der Waals surface area contributed by atoms with Crippen LogP contribution in [0.5, 0.6) is 0 Å². The van der Waals surface area contributed by atoms with Crippen molar-refractivity contribution in [3.8, 4) is 0 Å². The molecular weight excluding hydrogens is 436 g/mol. The number of carbonyl (C=O) groups excluding carboxylic acids is 5. The molecule has 3 aliphatic heterocycles. The molecule has 0 unspecified atom stereocenters. The lowest BCUT2D eigenvalue weighted by Gasteiger charge is -2.44. The summed E-state index contributed by atoms with van der Waals surface area (Å²) in [6.07, 6.45) is 0.195. The average Bonchev–Trinajstić information content (AvgIpc) is 3.22. The van der Waals surface area contributed by atoms with Gasteiger partial charge in [0.25, 0.3) is 0 Å². The normalized spacial score (nSPS) is 27.1. The minimum atomic E-state index is -0.922. The molecule has 4 rings (SSSR count). The van der Waals surface area contributed by atoms with Crippen molar-refractivity contribution in [3.05, 3.63) is 35.9 Å². The predicted octanol–water partition coefficient (Wildman–Crippen LogP) is -0.117. The second kappa shape index (κ2) is 8.21. The van der Waals surface area contributed by atoms with Crippen LogP contribution in [0.25, 0.3) is 0 Å². The number of nitrogens with two attached hydrogens (primary N) is 1. The Bertz CT molecular complexity index is 968. The molecule has 1 aromatic carbocycles. The van der Waals surface area contributed by atoms with Gasteiger partial charge in [-0.15, -0.1) is 11.8 Å². The number of fused-ring (bicyclic) bond motifs is 1. The first-order valence-corrected chi connectivity index (χ1v) is 11.1. The fraction of sp³-hybridized carbons (Fsp3) is 0.476. The number of nitrogens with one attached hydrogen (secondary N) is 1. The van der Waals surface area contributed by atoms with Crippen LogP contribution in [-0.4, -0.2) is 68.3 Å². The van der Waals surface area contributed by atoms with E-state index in [4.69, 9.17) is 10.5 Å². The number of thioether (sulfide) groups is 1. The number of esters is 1. The third-order valence-electron chi connectivity index (χ3n) is 5.89. The van der Waals surface area contributed by atoms with Crippen molar-refractivity contribution in [2.24, 2.45) is 5.73 Å². The topological polar surface area (TPSA) is 139 Å². The van der Waals surface area contributed by atoms with Gasteiger partial charge in [-0.05, 0) is 19.4 Å². The van der Waals surface area contributed by atoms with Gasteiger partial charge in [0.2, 0.25) is 23.6 Å². The number of hydrogen-bond donors (Lipinski definition) is 2. The standard InChI is InChI=1S/C21H24N4O6S/c1-21(2)16(20(30)31-10-24-12(26)8-9-13(24)27)25-18(29)15(19(25)32-21)23-17(28)14(22)11-6-4-3-5-7-11/h3-7,14-16,19H,8-10,22H2,1-2H3,(H,23,28)/t14-,15+,16-,19+/m0/s1. The summed E-state index contributed by atoms with van der Waals surface area (Å²) < 4.78 is 4.53. The molecule has 10 nitrogen and oxygen atoms in total. The Hall–Kier alpha value is -2.92. The van der Waals surface area contributed by atoms with Gasteiger partial charge in [0.05, 0.1) is 0 Å². The van der Waals surface area contributed by atoms with Gasteiger partial charge >= 0.3 is 5.97 Å². The van der Waals surface area contributed by atoms with Crippen LogP contribution in [-0.2, 0) is 28.7 Å². The van der Waals surface area contributed by atoms with E-state index in [0.29, 0.717) is 5.56 Å². The number of hydrogen-bond acceptors (Lipinski definition) is 8. The molecule has 0 bridgehead atoms. The van der Waals surface area contributed by atoms with Crippen molar-refractivity contribution in [3.63, 3.8) is 0 Å². The van der Waals surface area contributed by atoms with Gasteiger partial charge in [0, 0.05) is 17.6 Å². The molecule has 4 atom stereocenters. The van der Waals surface area contributed by atoms with Gasteiger partial charge in [-0.25, -0.2) is 9.69 Å². The maximum absolute atomic E-state index is 12.8. The van der Waals surface area contributed by atoms with Crippen LogP contribution in [0.1, 0.15) is 38.3 Å². The molecule has 0 spiro atoms. The molecule has 3 aliphatic rings. The number of rotatable bonds is 6. The number of imide groups is 1. The average molecular weight is 461 g/mol. The van der Waals surface area contributed by atoms with Crippen LogP contribution in [0.4, 0.5) is 0 Å². The maximum atomic E-state index is 12.8. The number of ether oxygens (including phenoxy) is 1. The molecule has 3 N–H and O–H groups in total. The van der Waals surface area contributed by atoms with Crippen LogP contribution >= 0.6 is 11.8 Å². The smallest absolute Gasteiger partial charge is 0.332 e. The summed E-state index contributed by atoms with van der Waals surface area (Å²) >= 11 is 1.38. The zero-order chi connectivity index (χ0) is 23.2. The third-order valence-corrected chi connectivity index (χ3v) is 7.47. The first-order chi connectivity index (χ1) is 15.1. The van der Waals surface area contributed by atoms with Gasteiger partial charge in [-0.2, -0.15) is 0 Å². The second-order valence-corrected chi connectivity index (χ2v) is 10.2. The summed E-state index contributed by atoms with van der Waals surface area (Å²) in [7, 11) is 0. The molecule has 3 saturated heterocycles. The van der Waals surface area contributed by atoms with Gasteiger partial charge < -0.3 is 20.7 Å². The lowest BCUT2D eigenvalue weighted by molar-refractivity contribution is -0.169. The maximum Gasteiger partial charge on any atom is 0.332 e. The van der Waals surface area contributed by atoms with Gasteiger partial charge in [-0.3, -0.25) is 19.2 Å². The van der Waals surface area contributed by atoms with Crippen LogP contribution in [0.15, 0.2) is 30.3 Å². The van der Waals surface area contributed by atoms with Crippen molar-refractivity contribution >= 4 is 41.4 Å². The molecule has 4 amide bonds. The second-order valence-electron chi connectivity index (χ2n) is 8.44. The number of amides is 4. The SMILES string of the molecule is CC1(C)S[C@@H]2[C@H](NC(=O)[C@@H](N)c3ccccc3)C(=O)N2[C@H]1C(=O)OCN1C(=O)CCC1=O. The lowest BCUT2D eigenvalue weighted by Crippen LogP contribution is -2.71. The molecule has 0 aromatic heterocycles. The van der Waals surface area contributed by atoms with Gasteiger partial charge in [0.1, 0.15) is 23.5 Å². The fourth-order valence-corrected chi connectivity index (χ4v) is 5.78. The Balaban J connectivity index is 1.40.